The number of anilines is 1. The Morgan fingerprint density at radius 3 is 2.00 bits per heavy atom. The van der Waals surface area contributed by atoms with Crippen molar-refractivity contribution >= 4 is 18.3 Å². The summed E-state index contributed by atoms with van der Waals surface area (Å²) >= 11 is 0. The summed E-state index contributed by atoms with van der Waals surface area (Å²) in [4.78, 5) is 0. The summed E-state index contributed by atoms with van der Waals surface area (Å²) < 4.78 is 4.56. The number of para-hydroxylation sites is 1. The number of nitrogens with two attached hydrogens (primary N) is 1. The zero-order valence-electron chi connectivity index (χ0n) is 8.08. The van der Waals surface area contributed by atoms with E-state index in [0.717, 1.165) is 5.69 Å². The van der Waals surface area contributed by atoms with Gasteiger partial charge in [-0.25, -0.2) is 0 Å². The molecule has 0 spiro atoms. The summed E-state index contributed by atoms with van der Waals surface area (Å²) in [5, 5.41) is 16.8. The van der Waals surface area contributed by atoms with E-state index in [4.69, 9.17) is 15.8 Å². The van der Waals surface area contributed by atoms with Crippen molar-refractivity contribution in [1.82, 2.24) is 0 Å². The van der Waals surface area contributed by atoms with Gasteiger partial charge in [-0.2, -0.15) is 0 Å². The molecular weight excluding hydrogens is 193 g/mol. The Balaban J connectivity index is 0.000000151. The summed E-state index contributed by atoms with van der Waals surface area (Å²) in [5.74, 6) is 0. The van der Waals surface area contributed by atoms with Crippen LogP contribution in [0.1, 0.15) is 0 Å². The Morgan fingerprint density at radius 2 is 1.73 bits per heavy atom. The quantitative estimate of drug-likeness (QED) is 0.459. The highest BCUT2D eigenvalue weighted by molar-refractivity contribution is 6.58. The maximum atomic E-state index is 8.41. The number of hydrogen-bond donors (Lipinski definition) is 3. The molecule has 0 aliphatic rings. The Hall–Kier alpha value is -1.72. The van der Waals surface area contributed by atoms with Gasteiger partial charge in [-0.3, -0.25) is 0 Å². The molecular formula is C10H12BNO3. The first-order valence-corrected chi connectivity index (χ1v) is 4.39. The molecule has 0 fully saturated rings. The maximum absolute atomic E-state index is 8.41. The molecule has 1 heterocycles. The minimum Gasteiger partial charge on any atom is -0.473 e. The number of furan rings is 1. The van der Waals surface area contributed by atoms with Crippen LogP contribution in [0, 0.1) is 0 Å². The van der Waals surface area contributed by atoms with Crippen molar-refractivity contribution < 1.29 is 14.5 Å². The van der Waals surface area contributed by atoms with E-state index >= 15 is 0 Å². The third-order valence-electron chi connectivity index (χ3n) is 1.64. The fourth-order valence-electron chi connectivity index (χ4n) is 0.875. The molecule has 0 saturated heterocycles. The van der Waals surface area contributed by atoms with Gasteiger partial charge in [0.05, 0.1) is 12.5 Å². The van der Waals surface area contributed by atoms with Gasteiger partial charge in [0.2, 0.25) is 0 Å². The van der Waals surface area contributed by atoms with Crippen LogP contribution in [0.25, 0.3) is 0 Å². The number of rotatable bonds is 1. The molecule has 0 amide bonds. The lowest BCUT2D eigenvalue weighted by molar-refractivity contribution is 0.425. The lowest BCUT2D eigenvalue weighted by Crippen LogP contribution is -2.27. The normalized spacial score (nSPS) is 8.93. The average molecular weight is 205 g/mol. The van der Waals surface area contributed by atoms with E-state index in [9.17, 15) is 0 Å². The van der Waals surface area contributed by atoms with Crippen molar-refractivity contribution in [2.45, 2.75) is 0 Å². The third kappa shape index (κ3) is 4.35. The van der Waals surface area contributed by atoms with Gasteiger partial charge in [-0.15, -0.1) is 0 Å². The van der Waals surface area contributed by atoms with Crippen LogP contribution in [0.4, 0.5) is 5.69 Å². The van der Waals surface area contributed by atoms with Gasteiger partial charge >= 0.3 is 7.12 Å². The Kier molecular flexibility index (Phi) is 4.47. The highest BCUT2D eigenvalue weighted by atomic mass is 16.4. The molecule has 2 aromatic rings. The van der Waals surface area contributed by atoms with Gasteiger partial charge in [0.15, 0.2) is 0 Å². The molecule has 0 radical (unpaired) electrons. The largest absolute Gasteiger partial charge is 0.491 e. The van der Waals surface area contributed by atoms with Gasteiger partial charge in [0.25, 0.3) is 0 Å². The van der Waals surface area contributed by atoms with Crippen LogP contribution in [-0.4, -0.2) is 17.2 Å². The second-order valence-corrected chi connectivity index (χ2v) is 2.84. The van der Waals surface area contributed by atoms with Crippen molar-refractivity contribution in [1.29, 1.82) is 0 Å². The predicted molar refractivity (Wildman–Crippen MR) is 59.4 cm³/mol. The van der Waals surface area contributed by atoms with Crippen LogP contribution in [0.5, 0.6) is 0 Å². The monoisotopic (exact) mass is 205 g/mol. The highest BCUT2D eigenvalue weighted by Gasteiger charge is 2.10. The van der Waals surface area contributed by atoms with Gasteiger partial charge in [-0.05, 0) is 18.2 Å². The van der Waals surface area contributed by atoms with Crippen molar-refractivity contribution in [3.63, 3.8) is 0 Å². The predicted octanol–water partition coefficient (Wildman–Crippen LogP) is 0.228. The topological polar surface area (TPSA) is 79.6 Å². The first-order valence-electron chi connectivity index (χ1n) is 4.39. The van der Waals surface area contributed by atoms with E-state index in [1.807, 2.05) is 30.3 Å². The molecule has 0 aliphatic carbocycles. The minimum absolute atomic E-state index is 0.380. The first kappa shape index (κ1) is 11.4. The SMILES string of the molecule is Nc1ccccc1.OB(O)c1ccoc1. The number of nitrogen functional groups attached to an aromatic ring is 1. The van der Waals surface area contributed by atoms with Gasteiger partial charge in [-0.1, -0.05) is 18.2 Å². The molecule has 2 rings (SSSR count). The standard InChI is InChI=1S/C6H7N.C4H5BO3/c7-6-4-2-1-3-5-6;6-5(7)4-1-2-8-3-4/h1-5H,7H2;1-3,6-7H. The first-order chi connectivity index (χ1) is 7.20. The van der Waals surface area contributed by atoms with Crippen LogP contribution in [0.3, 0.4) is 0 Å². The fraction of sp³-hybridized carbons (Fsp3) is 0. The molecule has 4 N–H and O–H groups in total. The van der Waals surface area contributed by atoms with E-state index < -0.39 is 7.12 Å². The summed E-state index contributed by atoms with van der Waals surface area (Å²) in [5.41, 5.74) is 6.56. The van der Waals surface area contributed by atoms with Crippen LogP contribution >= 0.6 is 0 Å². The van der Waals surface area contributed by atoms with E-state index in [0.29, 0.717) is 5.46 Å². The molecule has 0 saturated carbocycles. The van der Waals surface area contributed by atoms with E-state index in [2.05, 4.69) is 4.42 Å². The number of benzene rings is 1. The van der Waals surface area contributed by atoms with Gasteiger partial charge in [0.1, 0.15) is 0 Å². The van der Waals surface area contributed by atoms with Crippen LogP contribution < -0.4 is 11.2 Å². The summed E-state index contributed by atoms with van der Waals surface area (Å²) in [6.07, 6.45) is 2.67. The summed E-state index contributed by atoms with van der Waals surface area (Å²) in [7, 11) is -1.41. The van der Waals surface area contributed by atoms with Gasteiger partial charge < -0.3 is 20.2 Å². The van der Waals surface area contributed by atoms with E-state index in [1.165, 1.54) is 18.6 Å². The second-order valence-electron chi connectivity index (χ2n) is 2.84. The molecule has 4 nitrogen and oxygen atoms in total. The minimum atomic E-state index is -1.41. The molecule has 0 unspecified atom stereocenters. The lowest BCUT2D eigenvalue weighted by atomic mass is 9.83. The van der Waals surface area contributed by atoms with E-state index in [-0.39, 0.29) is 0 Å². The molecule has 0 bridgehead atoms. The van der Waals surface area contributed by atoms with Crippen molar-refractivity contribution in [2.24, 2.45) is 0 Å². The van der Waals surface area contributed by atoms with Crippen molar-refractivity contribution in [3.8, 4) is 0 Å². The van der Waals surface area contributed by atoms with Crippen molar-refractivity contribution in [2.75, 3.05) is 5.73 Å². The maximum Gasteiger partial charge on any atom is 0.491 e. The second kappa shape index (κ2) is 5.90. The molecule has 1 aromatic heterocycles. The van der Waals surface area contributed by atoms with Crippen molar-refractivity contribution in [3.05, 3.63) is 48.9 Å². The van der Waals surface area contributed by atoms with Crippen LogP contribution in [0.15, 0.2) is 53.3 Å². The Labute approximate surface area is 88.1 Å². The Morgan fingerprint density at radius 1 is 1.07 bits per heavy atom. The molecule has 0 aliphatic heterocycles. The summed E-state index contributed by atoms with van der Waals surface area (Å²) in [6, 6.07) is 11.0. The average Bonchev–Trinajstić information content (AvgIpc) is 2.72. The molecule has 15 heavy (non-hydrogen) atoms. The summed E-state index contributed by atoms with van der Waals surface area (Å²) in [6.45, 7) is 0. The Bertz CT molecular complexity index is 361. The lowest BCUT2D eigenvalue weighted by Gasteiger charge is -1.86. The number of hydrogen-bond acceptors (Lipinski definition) is 4. The van der Waals surface area contributed by atoms with E-state index in [1.54, 1.807) is 0 Å². The smallest absolute Gasteiger partial charge is 0.473 e. The molecule has 5 heteroatoms. The molecule has 78 valence electrons. The zero-order valence-corrected chi connectivity index (χ0v) is 8.08. The highest BCUT2D eigenvalue weighted by Crippen LogP contribution is 1.95. The zero-order chi connectivity index (χ0) is 11.1. The fourth-order valence-corrected chi connectivity index (χ4v) is 0.875. The van der Waals surface area contributed by atoms with Crippen LogP contribution in [-0.2, 0) is 0 Å². The van der Waals surface area contributed by atoms with Crippen LogP contribution in [0.2, 0.25) is 0 Å². The molecule has 0 atom stereocenters. The third-order valence-corrected chi connectivity index (χ3v) is 1.64. The molecule has 1 aromatic carbocycles. The van der Waals surface area contributed by atoms with Gasteiger partial charge in [0, 0.05) is 11.2 Å².